The van der Waals surface area contributed by atoms with Gasteiger partial charge in [-0.3, -0.25) is 0 Å². The molecule has 0 aromatic carbocycles. The summed E-state index contributed by atoms with van der Waals surface area (Å²) in [4.78, 5) is 0. The van der Waals surface area contributed by atoms with Crippen molar-refractivity contribution in [1.29, 1.82) is 0 Å². The van der Waals surface area contributed by atoms with Crippen LogP contribution < -0.4 is 0 Å². The van der Waals surface area contributed by atoms with E-state index in [4.69, 9.17) is 0 Å². The lowest BCUT2D eigenvalue weighted by atomic mass is 10.1. The number of aromatic nitrogens is 3. The minimum Gasteiger partial charge on any atom is -0.388 e. The monoisotopic (exact) mass is 235 g/mol. The fourth-order valence-electron chi connectivity index (χ4n) is 1.76. The predicted molar refractivity (Wildman–Crippen MR) is 62.4 cm³/mol. The first-order valence-corrected chi connectivity index (χ1v) is 5.82. The van der Waals surface area contributed by atoms with Gasteiger partial charge in [0.1, 0.15) is 11.4 Å². The van der Waals surface area contributed by atoms with Gasteiger partial charge in [-0.2, -0.15) is 0 Å². The van der Waals surface area contributed by atoms with Gasteiger partial charge in [-0.1, -0.05) is 23.7 Å². The number of nitrogens with zero attached hydrogens (tertiary/aromatic N) is 3. The van der Waals surface area contributed by atoms with E-state index in [1.807, 2.05) is 30.0 Å². The molecule has 2 rings (SSSR count). The molecule has 0 aliphatic heterocycles. The van der Waals surface area contributed by atoms with Crippen molar-refractivity contribution < 1.29 is 9.74 Å². The Kier molecular flexibility index (Phi) is 3.58. The summed E-state index contributed by atoms with van der Waals surface area (Å²) >= 11 is 0. The van der Waals surface area contributed by atoms with Crippen molar-refractivity contribution in [1.82, 2.24) is 14.9 Å². The summed E-state index contributed by atoms with van der Waals surface area (Å²) in [7, 11) is 0. The third-order valence-electron chi connectivity index (χ3n) is 2.80. The number of aryl methyl sites for hydroxylation is 1. The maximum absolute atomic E-state index is 9.85. The molecule has 5 nitrogen and oxygen atoms in total. The molecule has 0 aliphatic rings. The fraction of sp³-hybridized carbons (Fsp3) is 0.500. The summed E-state index contributed by atoms with van der Waals surface area (Å²) in [6, 6.07) is 1.93. The molecule has 1 N–H and O–H groups in total. The number of hydrogen-bond donors (Lipinski definition) is 1. The van der Waals surface area contributed by atoms with Crippen molar-refractivity contribution in [3.05, 3.63) is 35.4 Å². The molecule has 0 spiro atoms. The van der Waals surface area contributed by atoms with Crippen molar-refractivity contribution in [2.75, 3.05) is 0 Å². The molecule has 0 bridgehead atoms. The summed E-state index contributed by atoms with van der Waals surface area (Å²) < 4.78 is 6.62. The second-order valence-electron chi connectivity index (χ2n) is 4.22. The summed E-state index contributed by atoms with van der Waals surface area (Å²) in [6.45, 7) is 4.54. The van der Waals surface area contributed by atoms with Gasteiger partial charge in [0.15, 0.2) is 0 Å². The zero-order valence-corrected chi connectivity index (χ0v) is 10.1. The topological polar surface area (TPSA) is 64.1 Å². The Labute approximate surface area is 100 Å². The standard InChI is InChI=1S/C12H17N3O2/c1-3-4-12(16)10-5-6-15(7-10)8-11-9(2)13-17-14-11/h5-7,12,16H,3-4,8H2,1-2H3. The first kappa shape index (κ1) is 11.9. The molecular weight excluding hydrogens is 218 g/mol. The number of aliphatic hydroxyl groups excluding tert-OH is 1. The van der Waals surface area contributed by atoms with Crippen molar-refractivity contribution >= 4 is 0 Å². The molecule has 17 heavy (non-hydrogen) atoms. The molecule has 92 valence electrons. The van der Waals surface area contributed by atoms with Gasteiger partial charge >= 0.3 is 0 Å². The lowest BCUT2D eigenvalue weighted by Crippen LogP contribution is -1.99. The third kappa shape index (κ3) is 2.74. The Hall–Kier alpha value is -1.62. The van der Waals surface area contributed by atoms with Crippen LogP contribution in [0.4, 0.5) is 0 Å². The van der Waals surface area contributed by atoms with E-state index in [2.05, 4.69) is 21.9 Å². The molecule has 0 saturated heterocycles. The van der Waals surface area contributed by atoms with Gasteiger partial charge in [-0.15, -0.1) is 0 Å². The minimum atomic E-state index is -0.377. The molecule has 0 aliphatic carbocycles. The van der Waals surface area contributed by atoms with E-state index in [1.54, 1.807) is 0 Å². The second kappa shape index (κ2) is 5.14. The van der Waals surface area contributed by atoms with Crippen LogP contribution in [0, 0.1) is 6.92 Å². The molecule has 2 aromatic heterocycles. The van der Waals surface area contributed by atoms with Crippen LogP contribution in [0.25, 0.3) is 0 Å². The minimum absolute atomic E-state index is 0.377. The zero-order valence-electron chi connectivity index (χ0n) is 10.1. The van der Waals surface area contributed by atoms with Gasteiger partial charge < -0.3 is 9.67 Å². The summed E-state index contributed by atoms with van der Waals surface area (Å²) in [5, 5.41) is 17.4. The SMILES string of the molecule is CCCC(O)c1ccn(Cc2nonc2C)c1. The van der Waals surface area contributed by atoms with Gasteiger partial charge in [0.2, 0.25) is 0 Å². The van der Waals surface area contributed by atoms with Crippen LogP contribution in [0.2, 0.25) is 0 Å². The van der Waals surface area contributed by atoms with Crippen molar-refractivity contribution in [2.45, 2.75) is 39.3 Å². The second-order valence-corrected chi connectivity index (χ2v) is 4.22. The Morgan fingerprint density at radius 2 is 2.29 bits per heavy atom. The van der Waals surface area contributed by atoms with Crippen LogP contribution >= 0.6 is 0 Å². The summed E-state index contributed by atoms with van der Waals surface area (Å²) in [5.41, 5.74) is 2.56. The molecule has 0 saturated carbocycles. The third-order valence-corrected chi connectivity index (χ3v) is 2.80. The van der Waals surface area contributed by atoms with Gasteiger partial charge in [0.05, 0.1) is 12.6 Å². The van der Waals surface area contributed by atoms with Crippen LogP contribution in [-0.2, 0) is 6.54 Å². The molecule has 5 heteroatoms. The lowest BCUT2D eigenvalue weighted by molar-refractivity contribution is 0.166. The van der Waals surface area contributed by atoms with E-state index < -0.39 is 0 Å². The van der Waals surface area contributed by atoms with E-state index >= 15 is 0 Å². The molecule has 2 heterocycles. The zero-order chi connectivity index (χ0) is 12.3. The highest BCUT2D eigenvalue weighted by molar-refractivity contribution is 5.15. The lowest BCUT2D eigenvalue weighted by Gasteiger charge is -2.06. The average molecular weight is 235 g/mol. The first-order chi connectivity index (χ1) is 8.20. The number of aliphatic hydroxyl groups is 1. The number of hydrogen-bond acceptors (Lipinski definition) is 4. The van der Waals surface area contributed by atoms with Crippen LogP contribution in [0.1, 0.15) is 42.8 Å². The smallest absolute Gasteiger partial charge is 0.127 e. The van der Waals surface area contributed by atoms with E-state index in [0.29, 0.717) is 6.54 Å². The van der Waals surface area contributed by atoms with Crippen molar-refractivity contribution in [3.63, 3.8) is 0 Å². The fourth-order valence-corrected chi connectivity index (χ4v) is 1.76. The van der Waals surface area contributed by atoms with Crippen molar-refractivity contribution in [3.8, 4) is 0 Å². The maximum Gasteiger partial charge on any atom is 0.127 e. The predicted octanol–water partition coefficient (Wildman–Crippen LogP) is 2.06. The van der Waals surface area contributed by atoms with Crippen molar-refractivity contribution in [2.24, 2.45) is 0 Å². The average Bonchev–Trinajstić information content (AvgIpc) is 2.90. The Balaban J connectivity index is 2.06. The summed E-state index contributed by atoms with van der Waals surface area (Å²) in [6.07, 6.45) is 5.25. The van der Waals surface area contributed by atoms with E-state index in [-0.39, 0.29) is 6.10 Å². The van der Waals surface area contributed by atoms with E-state index in [9.17, 15) is 5.11 Å². The summed E-state index contributed by atoms with van der Waals surface area (Å²) in [5.74, 6) is 0. The highest BCUT2D eigenvalue weighted by atomic mass is 16.6. The Morgan fingerprint density at radius 1 is 1.47 bits per heavy atom. The highest BCUT2D eigenvalue weighted by Gasteiger charge is 2.10. The molecule has 2 aromatic rings. The Morgan fingerprint density at radius 3 is 2.94 bits per heavy atom. The highest BCUT2D eigenvalue weighted by Crippen LogP contribution is 2.18. The quantitative estimate of drug-likeness (QED) is 0.861. The van der Waals surface area contributed by atoms with Crippen LogP contribution in [0.3, 0.4) is 0 Å². The van der Waals surface area contributed by atoms with Gasteiger partial charge in [0, 0.05) is 12.4 Å². The molecule has 0 radical (unpaired) electrons. The van der Waals surface area contributed by atoms with Crippen LogP contribution in [0.15, 0.2) is 23.1 Å². The van der Waals surface area contributed by atoms with E-state index in [1.165, 1.54) is 0 Å². The van der Waals surface area contributed by atoms with Crippen LogP contribution in [0.5, 0.6) is 0 Å². The molecule has 1 unspecified atom stereocenters. The molecule has 1 atom stereocenters. The normalized spacial score (nSPS) is 12.9. The molecule has 0 fully saturated rings. The van der Waals surface area contributed by atoms with Gasteiger partial charge in [-0.05, 0) is 25.0 Å². The van der Waals surface area contributed by atoms with Gasteiger partial charge in [-0.25, -0.2) is 4.63 Å². The van der Waals surface area contributed by atoms with Gasteiger partial charge in [0.25, 0.3) is 0 Å². The molecular formula is C12H17N3O2. The first-order valence-electron chi connectivity index (χ1n) is 5.82. The van der Waals surface area contributed by atoms with E-state index in [0.717, 1.165) is 29.8 Å². The maximum atomic E-state index is 9.85. The number of rotatable bonds is 5. The largest absolute Gasteiger partial charge is 0.388 e. The van der Waals surface area contributed by atoms with Crippen LogP contribution in [-0.4, -0.2) is 20.0 Å². The Bertz CT molecular complexity index is 476. The molecule has 0 amide bonds.